The van der Waals surface area contributed by atoms with E-state index in [9.17, 15) is 4.39 Å². The van der Waals surface area contributed by atoms with E-state index in [0.717, 1.165) is 37.4 Å². The minimum atomic E-state index is -0.240. The highest BCUT2D eigenvalue weighted by Crippen LogP contribution is 2.32. The van der Waals surface area contributed by atoms with Crippen LogP contribution < -0.4 is 10.6 Å². The Morgan fingerprint density at radius 3 is 3.06 bits per heavy atom. The van der Waals surface area contributed by atoms with Crippen molar-refractivity contribution in [2.75, 3.05) is 30.9 Å². The van der Waals surface area contributed by atoms with Crippen molar-refractivity contribution >= 4 is 27.3 Å². The summed E-state index contributed by atoms with van der Waals surface area (Å²) >= 11 is 3.18. The fourth-order valence-electron chi connectivity index (χ4n) is 1.96. The summed E-state index contributed by atoms with van der Waals surface area (Å²) in [5, 5.41) is 6.65. The molecule has 3 nitrogen and oxygen atoms in total. The highest BCUT2D eigenvalue weighted by molar-refractivity contribution is 9.10. The lowest BCUT2D eigenvalue weighted by molar-refractivity contribution is 0.191. The minimum Gasteiger partial charge on any atom is -0.385 e. The third-order valence-corrected chi connectivity index (χ3v) is 3.47. The van der Waals surface area contributed by atoms with E-state index < -0.39 is 0 Å². The number of anilines is 2. The van der Waals surface area contributed by atoms with Gasteiger partial charge in [-0.2, -0.15) is 0 Å². The van der Waals surface area contributed by atoms with E-state index in [-0.39, 0.29) is 5.82 Å². The van der Waals surface area contributed by atoms with Gasteiger partial charge in [-0.05, 0) is 34.8 Å². The van der Waals surface area contributed by atoms with Gasteiger partial charge < -0.3 is 15.4 Å². The molecule has 1 aromatic rings. The first-order valence-electron chi connectivity index (χ1n) is 5.69. The number of rotatable bonds is 4. The van der Waals surface area contributed by atoms with Crippen LogP contribution >= 0.6 is 15.9 Å². The monoisotopic (exact) mass is 302 g/mol. The van der Waals surface area contributed by atoms with Crippen molar-refractivity contribution in [3.8, 4) is 0 Å². The van der Waals surface area contributed by atoms with E-state index in [1.165, 1.54) is 6.07 Å². The molecule has 0 saturated carbocycles. The molecule has 2 rings (SSSR count). The molecule has 1 aromatic carbocycles. The quantitative estimate of drug-likeness (QED) is 0.838. The van der Waals surface area contributed by atoms with Crippen LogP contribution in [0.5, 0.6) is 0 Å². The zero-order valence-corrected chi connectivity index (χ0v) is 11.3. The zero-order valence-electron chi connectivity index (χ0n) is 9.72. The fourth-order valence-corrected chi connectivity index (χ4v) is 2.31. The predicted molar refractivity (Wildman–Crippen MR) is 71.1 cm³/mol. The summed E-state index contributed by atoms with van der Waals surface area (Å²) in [4.78, 5) is 0. The molecule has 5 heteroatoms. The lowest BCUT2D eigenvalue weighted by Crippen LogP contribution is -2.33. The molecule has 0 aromatic heterocycles. The first kappa shape index (κ1) is 12.6. The Kier molecular flexibility index (Phi) is 4.23. The second-order valence-electron chi connectivity index (χ2n) is 4.17. The zero-order chi connectivity index (χ0) is 12.3. The summed E-state index contributed by atoms with van der Waals surface area (Å²) < 4.78 is 18.9. The van der Waals surface area contributed by atoms with E-state index in [0.29, 0.717) is 10.5 Å². The van der Waals surface area contributed by atoms with Crippen LogP contribution in [0.1, 0.15) is 12.8 Å². The SMILES string of the molecule is COCCCC1CNc2cc(Br)c(F)cc2N1. The molecule has 1 atom stereocenters. The van der Waals surface area contributed by atoms with E-state index in [1.807, 2.05) is 0 Å². The van der Waals surface area contributed by atoms with Crippen LogP contribution in [0.4, 0.5) is 15.8 Å². The van der Waals surface area contributed by atoms with Gasteiger partial charge in [0.05, 0.1) is 15.8 Å². The van der Waals surface area contributed by atoms with Gasteiger partial charge in [0.1, 0.15) is 5.82 Å². The van der Waals surface area contributed by atoms with Gasteiger partial charge in [0.15, 0.2) is 0 Å². The Hall–Kier alpha value is -0.810. The molecule has 0 bridgehead atoms. The van der Waals surface area contributed by atoms with Crippen molar-refractivity contribution in [1.82, 2.24) is 0 Å². The average molecular weight is 303 g/mol. The summed E-state index contributed by atoms with van der Waals surface area (Å²) in [5.74, 6) is -0.240. The summed E-state index contributed by atoms with van der Waals surface area (Å²) in [5.41, 5.74) is 1.78. The van der Waals surface area contributed by atoms with Gasteiger partial charge in [0.25, 0.3) is 0 Å². The highest BCUT2D eigenvalue weighted by atomic mass is 79.9. The number of fused-ring (bicyclic) bond motifs is 1. The number of halogens is 2. The number of ether oxygens (including phenoxy) is 1. The first-order valence-corrected chi connectivity index (χ1v) is 6.48. The lowest BCUT2D eigenvalue weighted by Gasteiger charge is -2.28. The molecule has 1 aliphatic heterocycles. The summed E-state index contributed by atoms with van der Waals surface area (Å²) in [6.45, 7) is 1.62. The summed E-state index contributed by atoms with van der Waals surface area (Å²) in [7, 11) is 1.70. The maximum absolute atomic E-state index is 13.4. The van der Waals surface area contributed by atoms with Gasteiger partial charge in [-0.25, -0.2) is 4.39 Å². The smallest absolute Gasteiger partial charge is 0.139 e. The second-order valence-corrected chi connectivity index (χ2v) is 5.02. The molecule has 0 saturated heterocycles. The van der Waals surface area contributed by atoms with Crippen LogP contribution in [0.2, 0.25) is 0 Å². The molecule has 0 radical (unpaired) electrons. The van der Waals surface area contributed by atoms with Crippen LogP contribution in [0.3, 0.4) is 0 Å². The molecule has 0 spiro atoms. The Balaban J connectivity index is 2.00. The number of hydrogen-bond acceptors (Lipinski definition) is 3. The fraction of sp³-hybridized carbons (Fsp3) is 0.500. The van der Waals surface area contributed by atoms with Gasteiger partial charge in [-0.3, -0.25) is 0 Å². The highest BCUT2D eigenvalue weighted by Gasteiger charge is 2.18. The number of nitrogens with one attached hydrogen (secondary N) is 2. The minimum absolute atomic E-state index is 0.240. The van der Waals surface area contributed by atoms with Gasteiger partial charge in [-0.1, -0.05) is 0 Å². The lowest BCUT2D eigenvalue weighted by atomic mass is 10.1. The Morgan fingerprint density at radius 1 is 1.47 bits per heavy atom. The van der Waals surface area contributed by atoms with E-state index in [4.69, 9.17) is 4.74 Å². The van der Waals surface area contributed by atoms with Crippen molar-refractivity contribution in [2.24, 2.45) is 0 Å². The van der Waals surface area contributed by atoms with E-state index in [2.05, 4.69) is 26.6 Å². The molecule has 1 aliphatic rings. The first-order chi connectivity index (χ1) is 8.20. The third-order valence-electron chi connectivity index (χ3n) is 2.86. The number of benzene rings is 1. The maximum atomic E-state index is 13.4. The standard InChI is InChI=1S/C12H16BrFN2O/c1-17-4-2-3-8-7-15-11-5-9(13)10(14)6-12(11)16-8/h5-6,8,15-16H,2-4,7H2,1H3. The van der Waals surface area contributed by atoms with Crippen molar-refractivity contribution in [2.45, 2.75) is 18.9 Å². The van der Waals surface area contributed by atoms with Crippen molar-refractivity contribution < 1.29 is 9.13 Å². The van der Waals surface area contributed by atoms with Gasteiger partial charge >= 0.3 is 0 Å². The molecule has 94 valence electrons. The molecule has 1 heterocycles. The van der Waals surface area contributed by atoms with Crippen molar-refractivity contribution in [1.29, 1.82) is 0 Å². The Morgan fingerprint density at radius 2 is 2.29 bits per heavy atom. The molecule has 0 amide bonds. The largest absolute Gasteiger partial charge is 0.385 e. The summed E-state index contributed by atoms with van der Waals surface area (Å²) in [6.07, 6.45) is 2.02. The van der Waals surface area contributed by atoms with Crippen LogP contribution in [-0.4, -0.2) is 26.3 Å². The van der Waals surface area contributed by atoms with Gasteiger partial charge in [-0.15, -0.1) is 0 Å². The molecular weight excluding hydrogens is 287 g/mol. The van der Waals surface area contributed by atoms with Crippen LogP contribution in [0, 0.1) is 5.82 Å². The molecule has 17 heavy (non-hydrogen) atoms. The normalized spacial score (nSPS) is 18.2. The number of methoxy groups -OCH3 is 1. The predicted octanol–water partition coefficient (Wildman–Crippen LogP) is 3.22. The molecular formula is C12H16BrFN2O. The average Bonchev–Trinajstić information content (AvgIpc) is 2.31. The molecule has 2 N–H and O–H groups in total. The van der Waals surface area contributed by atoms with Crippen LogP contribution in [-0.2, 0) is 4.74 Å². The Bertz CT molecular complexity index is 400. The Labute approximate surface area is 109 Å². The van der Waals surface area contributed by atoms with Crippen molar-refractivity contribution in [3.05, 3.63) is 22.4 Å². The number of hydrogen-bond donors (Lipinski definition) is 2. The molecule has 1 unspecified atom stereocenters. The molecule has 0 fully saturated rings. The topological polar surface area (TPSA) is 33.3 Å². The van der Waals surface area contributed by atoms with Gasteiger partial charge in [0, 0.05) is 32.4 Å². The van der Waals surface area contributed by atoms with Crippen molar-refractivity contribution in [3.63, 3.8) is 0 Å². The van der Waals surface area contributed by atoms with Crippen LogP contribution in [0.25, 0.3) is 0 Å². The van der Waals surface area contributed by atoms with Gasteiger partial charge in [0.2, 0.25) is 0 Å². The molecule has 0 aliphatic carbocycles. The second kappa shape index (κ2) is 5.69. The van der Waals surface area contributed by atoms with Crippen LogP contribution in [0.15, 0.2) is 16.6 Å². The summed E-state index contributed by atoms with van der Waals surface area (Å²) in [6, 6.07) is 3.62. The maximum Gasteiger partial charge on any atom is 0.139 e. The van der Waals surface area contributed by atoms with E-state index in [1.54, 1.807) is 13.2 Å². The van der Waals surface area contributed by atoms with E-state index >= 15 is 0 Å². The third kappa shape index (κ3) is 3.10.